The molecule has 1 fully saturated rings. The summed E-state index contributed by atoms with van der Waals surface area (Å²) in [5.74, 6) is -0.219. The van der Waals surface area contributed by atoms with Crippen molar-refractivity contribution in [3.05, 3.63) is 0 Å². The molecule has 0 aromatic rings. The van der Waals surface area contributed by atoms with E-state index in [9.17, 15) is 9.90 Å². The molecule has 112 valence electrons. The maximum Gasteiger partial charge on any atom is 0.311 e. The van der Waals surface area contributed by atoms with Crippen molar-refractivity contribution in [3.63, 3.8) is 0 Å². The number of rotatable bonds is 4. The van der Waals surface area contributed by atoms with Crippen LogP contribution >= 0.6 is 0 Å². The van der Waals surface area contributed by atoms with Crippen LogP contribution in [0.4, 0.5) is 0 Å². The predicted octanol–water partition coefficient (Wildman–Crippen LogP) is 2.10. The Balaban J connectivity index is 2.81. The summed E-state index contributed by atoms with van der Waals surface area (Å²) in [6.07, 6.45) is 1.03. The highest BCUT2D eigenvalue weighted by molar-refractivity contribution is 5.75. The van der Waals surface area contributed by atoms with Crippen LogP contribution in [0.3, 0.4) is 0 Å². The predicted molar refractivity (Wildman–Crippen MR) is 75.8 cm³/mol. The van der Waals surface area contributed by atoms with E-state index < -0.39 is 5.60 Å². The third-order valence-electron chi connectivity index (χ3n) is 3.78. The second-order valence-corrected chi connectivity index (χ2v) is 7.17. The van der Waals surface area contributed by atoms with Crippen molar-refractivity contribution in [2.45, 2.75) is 71.6 Å². The van der Waals surface area contributed by atoms with E-state index in [4.69, 9.17) is 4.74 Å². The number of carbonyl (C=O) groups excluding carboxylic acids is 1. The molecular weight excluding hydrogens is 242 g/mol. The summed E-state index contributed by atoms with van der Waals surface area (Å²) >= 11 is 0. The summed E-state index contributed by atoms with van der Waals surface area (Å²) in [5, 5.41) is 13.2. The van der Waals surface area contributed by atoms with E-state index in [2.05, 4.69) is 5.32 Å². The minimum absolute atomic E-state index is 0.139. The fourth-order valence-corrected chi connectivity index (χ4v) is 2.80. The van der Waals surface area contributed by atoms with Crippen molar-refractivity contribution < 1.29 is 14.6 Å². The molecule has 1 unspecified atom stereocenters. The van der Waals surface area contributed by atoms with Crippen LogP contribution in [-0.2, 0) is 9.53 Å². The van der Waals surface area contributed by atoms with Gasteiger partial charge in [0.05, 0.1) is 12.0 Å². The van der Waals surface area contributed by atoms with Crippen molar-refractivity contribution in [1.29, 1.82) is 0 Å². The lowest BCUT2D eigenvalue weighted by Gasteiger charge is -2.32. The monoisotopic (exact) mass is 271 g/mol. The van der Waals surface area contributed by atoms with Gasteiger partial charge in [0.1, 0.15) is 5.60 Å². The Kier molecular flexibility index (Phi) is 5.02. The molecule has 0 amide bonds. The normalized spacial score (nSPS) is 28.2. The summed E-state index contributed by atoms with van der Waals surface area (Å²) in [7, 11) is 0. The lowest BCUT2D eigenvalue weighted by molar-refractivity contribution is -0.163. The van der Waals surface area contributed by atoms with Gasteiger partial charge in [-0.15, -0.1) is 0 Å². The molecule has 0 saturated carbocycles. The highest BCUT2D eigenvalue weighted by Crippen LogP contribution is 2.36. The van der Waals surface area contributed by atoms with E-state index in [1.165, 1.54) is 0 Å². The maximum absolute atomic E-state index is 12.4. The minimum atomic E-state index is -0.469. The Morgan fingerprint density at radius 1 is 1.47 bits per heavy atom. The third-order valence-corrected chi connectivity index (χ3v) is 3.78. The van der Waals surface area contributed by atoms with Gasteiger partial charge in [-0.05, 0) is 59.9 Å². The Morgan fingerprint density at radius 3 is 2.53 bits per heavy atom. The van der Waals surface area contributed by atoms with E-state index in [1.54, 1.807) is 0 Å². The first-order valence-corrected chi connectivity index (χ1v) is 7.22. The first kappa shape index (κ1) is 16.4. The number of aliphatic hydroxyl groups excluding tert-OH is 1. The summed E-state index contributed by atoms with van der Waals surface area (Å²) < 4.78 is 5.54. The average molecular weight is 271 g/mol. The second-order valence-electron chi connectivity index (χ2n) is 7.17. The highest BCUT2D eigenvalue weighted by atomic mass is 16.6. The summed E-state index contributed by atoms with van der Waals surface area (Å²) in [6, 6.07) is 0. The van der Waals surface area contributed by atoms with Gasteiger partial charge in [0.2, 0.25) is 0 Å². The summed E-state index contributed by atoms with van der Waals surface area (Å²) in [4.78, 5) is 12.4. The van der Waals surface area contributed by atoms with Crippen molar-refractivity contribution in [3.8, 4) is 0 Å². The Bertz CT molecular complexity index is 320. The summed E-state index contributed by atoms with van der Waals surface area (Å²) in [5.41, 5.74) is -0.746. The van der Waals surface area contributed by atoms with Crippen LogP contribution in [0.2, 0.25) is 0 Å². The Morgan fingerprint density at radius 2 is 2.05 bits per heavy atom. The van der Waals surface area contributed by atoms with Crippen LogP contribution in [-0.4, -0.2) is 34.9 Å². The smallest absolute Gasteiger partial charge is 0.311 e. The van der Waals surface area contributed by atoms with Crippen LogP contribution in [0.15, 0.2) is 0 Å². The van der Waals surface area contributed by atoms with Gasteiger partial charge in [-0.3, -0.25) is 4.79 Å². The number of ether oxygens (including phenoxy) is 1. The molecule has 0 aromatic carbocycles. The number of hydrogen-bond donors (Lipinski definition) is 2. The van der Waals surface area contributed by atoms with Gasteiger partial charge in [-0.25, -0.2) is 0 Å². The van der Waals surface area contributed by atoms with Gasteiger partial charge >= 0.3 is 5.97 Å². The molecule has 1 heterocycles. The van der Waals surface area contributed by atoms with E-state index in [0.29, 0.717) is 6.42 Å². The van der Waals surface area contributed by atoms with E-state index in [1.807, 2.05) is 41.5 Å². The first-order valence-electron chi connectivity index (χ1n) is 7.22. The number of nitrogens with one attached hydrogen (secondary N) is 1. The number of hydrogen-bond acceptors (Lipinski definition) is 4. The average Bonchev–Trinajstić information content (AvgIpc) is 2.51. The molecule has 1 saturated heterocycles. The second kappa shape index (κ2) is 5.80. The maximum atomic E-state index is 12.4. The molecule has 19 heavy (non-hydrogen) atoms. The van der Waals surface area contributed by atoms with Gasteiger partial charge < -0.3 is 15.2 Å². The van der Waals surface area contributed by atoms with Crippen LogP contribution < -0.4 is 5.32 Å². The molecule has 2 N–H and O–H groups in total. The topological polar surface area (TPSA) is 58.6 Å². The van der Waals surface area contributed by atoms with E-state index in [0.717, 1.165) is 13.0 Å². The standard InChI is InChI=1S/C15H29NO3/c1-7-11(17)8-10-9-16-15(5,6)12(10)13(18)19-14(2,3)4/h10-12,16-17H,7-9H2,1-6H3/t10?,11-,12-/m1/s1. The lowest BCUT2D eigenvalue weighted by atomic mass is 9.80. The quantitative estimate of drug-likeness (QED) is 0.769. The molecule has 0 aliphatic carbocycles. The van der Waals surface area contributed by atoms with Gasteiger partial charge in [0, 0.05) is 5.54 Å². The van der Waals surface area contributed by atoms with Gasteiger partial charge in [0.15, 0.2) is 0 Å². The van der Waals surface area contributed by atoms with Crippen molar-refractivity contribution in [2.24, 2.45) is 11.8 Å². The molecular formula is C15H29NO3. The molecule has 1 aliphatic rings. The first-order chi connectivity index (χ1) is 8.57. The zero-order chi connectivity index (χ0) is 14.8. The molecule has 1 rings (SSSR count). The van der Waals surface area contributed by atoms with Gasteiger partial charge in [0.25, 0.3) is 0 Å². The minimum Gasteiger partial charge on any atom is -0.460 e. The zero-order valence-corrected chi connectivity index (χ0v) is 13.1. The van der Waals surface area contributed by atoms with Crippen molar-refractivity contribution in [2.75, 3.05) is 6.54 Å². The Hall–Kier alpha value is -0.610. The summed E-state index contributed by atoms with van der Waals surface area (Å²) in [6.45, 7) is 12.4. The molecule has 0 aromatic heterocycles. The SMILES string of the molecule is CC[C@@H](O)CC1CNC(C)(C)[C@H]1C(=O)OC(C)(C)C. The van der Waals surface area contributed by atoms with E-state index in [-0.39, 0.29) is 29.4 Å². The third kappa shape index (κ3) is 4.46. The van der Waals surface area contributed by atoms with Crippen LogP contribution in [0.25, 0.3) is 0 Å². The number of carbonyl (C=O) groups is 1. The molecule has 0 bridgehead atoms. The van der Waals surface area contributed by atoms with Gasteiger partial charge in [-0.2, -0.15) is 0 Å². The Labute approximate surface area is 116 Å². The molecule has 4 nitrogen and oxygen atoms in total. The molecule has 4 heteroatoms. The zero-order valence-electron chi connectivity index (χ0n) is 13.1. The fourth-order valence-electron chi connectivity index (χ4n) is 2.80. The fraction of sp³-hybridized carbons (Fsp3) is 0.933. The van der Waals surface area contributed by atoms with Crippen LogP contribution in [0.5, 0.6) is 0 Å². The van der Waals surface area contributed by atoms with Crippen molar-refractivity contribution in [1.82, 2.24) is 5.32 Å². The van der Waals surface area contributed by atoms with Crippen LogP contribution in [0, 0.1) is 11.8 Å². The number of aliphatic hydroxyl groups is 1. The van der Waals surface area contributed by atoms with Crippen molar-refractivity contribution >= 4 is 5.97 Å². The van der Waals surface area contributed by atoms with E-state index >= 15 is 0 Å². The van der Waals surface area contributed by atoms with Gasteiger partial charge in [-0.1, -0.05) is 6.92 Å². The molecule has 3 atom stereocenters. The molecule has 0 spiro atoms. The van der Waals surface area contributed by atoms with Crippen LogP contribution in [0.1, 0.15) is 54.4 Å². The highest BCUT2D eigenvalue weighted by Gasteiger charge is 2.48. The largest absolute Gasteiger partial charge is 0.460 e. The number of esters is 1. The molecule has 0 radical (unpaired) electrons. The lowest BCUT2D eigenvalue weighted by Crippen LogP contribution is -2.45. The molecule has 1 aliphatic heterocycles.